The Morgan fingerprint density at radius 1 is 1.47 bits per heavy atom. The number of Topliss-reactive ketones (excluding diaryl/α,β-unsaturated/α-hetero) is 1. The molecule has 0 amide bonds. The highest BCUT2D eigenvalue weighted by Crippen LogP contribution is 2.26. The van der Waals surface area contributed by atoms with Gasteiger partial charge in [0.15, 0.2) is 5.78 Å². The van der Waals surface area contributed by atoms with Crippen molar-refractivity contribution in [1.29, 1.82) is 0 Å². The molecule has 17 heavy (non-hydrogen) atoms. The number of hydrogen-bond donors (Lipinski definition) is 0. The van der Waals surface area contributed by atoms with Gasteiger partial charge < -0.3 is 4.74 Å². The summed E-state index contributed by atoms with van der Waals surface area (Å²) in [5.74, 6) is 1.06. The van der Waals surface area contributed by atoms with Crippen molar-refractivity contribution in [2.45, 2.75) is 12.8 Å². The van der Waals surface area contributed by atoms with Gasteiger partial charge in [-0.2, -0.15) is 0 Å². The lowest BCUT2D eigenvalue weighted by molar-refractivity contribution is 0.0993. The molecule has 1 aliphatic heterocycles. The Balaban J connectivity index is 1.82. The van der Waals surface area contributed by atoms with Crippen molar-refractivity contribution in [2.24, 2.45) is 0 Å². The second kappa shape index (κ2) is 4.30. The summed E-state index contributed by atoms with van der Waals surface area (Å²) in [6, 6.07) is 5.68. The summed E-state index contributed by atoms with van der Waals surface area (Å²) in [7, 11) is 0. The van der Waals surface area contributed by atoms with Crippen molar-refractivity contribution in [2.75, 3.05) is 6.61 Å². The average molecular weight is 245 g/mol. The molecule has 86 valence electrons. The lowest BCUT2D eigenvalue weighted by Crippen LogP contribution is -2.02. The van der Waals surface area contributed by atoms with Gasteiger partial charge in [-0.1, -0.05) is 0 Å². The number of hydrogen-bond acceptors (Lipinski definition) is 4. The minimum absolute atomic E-state index is 0.143. The van der Waals surface area contributed by atoms with Crippen LogP contribution in [0.25, 0.3) is 0 Å². The smallest absolute Gasteiger partial charge is 0.168 e. The maximum atomic E-state index is 12.0. The summed E-state index contributed by atoms with van der Waals surface area (Å²) >= 11 is 1.51. The monoisotopic (exact) mass is 245 g/mol. The van der Waals surface area contributed by atoms with Gasteiger partial charge >= 0.3 is 0 Å². The van der Waals surface area contributed by atoms with Gasteiger partial charge in [-0.15, -0.1) is 11.3 Å². The average Bonchev–Trinajstić information content (AvgIpc) is 2.97. The van der Waals surface area contributed by atoms with Gasteiger partial charge in [-0.25, -0.2) is 0 Å². The maximum Gasteiger partial charge on any atom is 0.168 e. The second-order valence-corrected chi connectivity index (χ2v) is 4.96. The third-order valence-electron chi connectivity index (χ3n) is 2.83. The van der Waals surface area contributed by atoms with Crippen LogP contribution in [-0.2, 0) is 12.8 Å². The fourth-order valence-corrected chi connectivity index (χ4v) is 2.54. The maximum absolute atomic E-state index is 12.0. The Kier molecular flexibility index (Phi) is 2.65. The number of carbonyl (C=O) groups excluding carboxylic acids is 1. The van der Waals surface area contributed by atoms with Gasteiger partial charge in [-0.05, 0) is 23.8 Å². The molecule has 0 spiro atoms. The molecule has 1 aliphatic rings. The van der Waals surface area contributed by atoms with Crippen LogP contribution >= 0.6 is 11.3 Å². The van der Waals surface area contributed by atoms with Crippen molar-refractivity contribution < 1.29 is 9.53 Å². The van der Waals surface area contributed by atoms with Crippen molar-refractivity contribution in [3.05, 3.63) is 45.9 Å². The molecule has 0 radical (unpaired) electrons. The largest absolute Gasteiger partial charge is 0.493 e. The van der Waals surface area contributed by atoms with Crippen molar-refractivity contribution >= 4 is 17.1 Å². The van der Waals surface area contributed by atoms with Crippen molar-refractivity contribution in [1.82, 2.24) is 4.98 Å². The predicted octanol–water partition coefficient (Wildman–Crippen LogP) is 2.50. The zero-order valence-electron chi connectivity index (χ0n) is 9.18. The highest BCUT2D eigenvalue weighted by Gasteiger charge is 2.15. The Morgan fingerprint density at radius 3 is 3.24 bits per heavy atom. The molecule has 2 heterocycles. The molecule has 3 nitrogen and oxygen atoms in total. The van der Waals surface area contributed by atoms with Gasteiger partial charge in [0.2, 0.25) is 0 Å². The minimum atomic E-state index is 0.143. The van der Waals surface area contributed by atoms with E-state index in [1.807, 2.05) is 18.2 Å². The zero-order valence-corrected chi connectivity index (χ0v) is 10.00. The number of ether oxygens (including phenoxy) is 1. The first-order valence-corrected chi connectivity index (χ1v) is 6.37. The Hall–Kier alpha value is -1.68. The first-order valence-electron chi connectivity index (χ1n) is 5.49. The number of ketones is 1. The molecule has 3 rings (SSSR count). The molecule has 0 saturated carbocycles. The summed E-state index contributed by atoms with van der Waals surface area (Å²) in [4.78, 5) is 17.0. The van der Waals surface area contributed by atoms with E-state index in [1.54, 1.807) is 11.7 Å². The van der Waals surface area contributed by atoms with E-state index in [1.165, 1.54) is 11.3 Å². The van der Waals surface area contributed by atoms with Crippen LogP contribution in [0.2, 0.25) is 0 Å². The van der Waals surface area contributed by atoms with Crippen LogP contribution < -0.4 is 4.74 Å². The van der Waals surface area contributed by atoms with Crippen LogP contribution in [0.1, 0.15) is 20.8 Å². The van der Waals surface area contributed by atoms with Gasteiger partial charge in [0.25, 0.3) is 0 Å². The molecule has 0 bridgehead atoms. The summed E-state index contributed by atoms with van der Waals surface area (Å²) in [5, 5.41) is 0. The number of benzene rings is 1. The number of aromatic nitrogens is 1. The highest BCUT2D eigenvalue weighted by atomic mass is 32.1. The van der Waals surface area contributed by atoms with Crippen LogP contribution in [0, 0.1) is 0 Å². The van der Waals surface area contributed by atoms with E-state index in [2.05, 4.69) is 4.98 Å². The normalized spacial score (nSPS) is 13.2. The van der Waals surface area contributed by atoms with Gasteiger partial charge in [0, 0.05) is 29.5 Å². The van der Waals surface area contributed by atoms with Crippen molar-refractivity contribution in [3.63, 3.8) is 0 Å². The van der Waals surface area contributed by atoms with Gasteiger partial charge in [0.1, 0.15) is 5.75 Å². The Morgan fingerprint density at radius 2 is 2.41 bits per heavy atom. The summed E-state index contributed by atoms with van der Waals surface area (Å²) in [5.41, 5.74) is 3.65. The Bertz CT molecular complexity index is 549. The van der Waals surface area contributed by atoms with E-state index in [4.69, 9.17) is 4.74 Å². The number of thiazole rings is 1. The van der Waals surface area contributed by atoms with E-state index in [-0.39, 0.29) is 5.78 Å². The molecular formula is C13H11NO2S. The molecule has 0 N–H and O–H groups in total. The number of fused-ring (bicyclic) bond motifs is 1. The number of carbonyl (C=O) groups is 1. The molecule has 4 heteroatoms. The molecule has 1 aromatic heterocycles. The highest BCUT2D eigenvalue weighted by molar-refractivity contribution is 7.09. The third kappa shape index (κ3) is 2.08. The van der Waals surface area contributed by atoms with E-state index in [0.717, 1.165) is 34.8 Å². The van der Waals surface area contributed by atoms with E-state index >= 15 is 0 Å². The van der Waals surface area contributed by atoms with Crippen LogP contribution in [-0.4, -0.2) is 17.4 Å². The van der Waals surface area contributed by atoms with Crippen LogP contribution in [0.4, 0.5) is 0 Å². The zero-order chi connectivity index (χ0) is 11.7. The standard InChI is InChI=1S/C13H11NO2S/c15-12(6-11-7-14-8-17-11)9-1-2-13-10(5-9)3-4-16-13/h1-2,5,7-8H,3-4,6H2. The first kappa shape index (κ1) is 10.5. The summed E-state index contributed by atoms with van der Waals surface area (Å²) < 4.78 is 5.42. The van der Waals surface area contributed by atoms with E-state index in [0.29, 0.717) is 6.42 Å². The quantitative estimate of drug-likeness (QED) is 0.780. The lowest BCUT2D eigenvalue weighted by atomic mass is 10.0. The molecule has 0 atom stereocenters. The third-order valence-corrected chi connectivity index (χ3v) is 3.61. The first-order chi connectivity index (χ1) is 8.33. The molecule has 2 aromatic rings. The molecule has 0 aliphatic carbocycles. The molecule has 0 unspecified atom stereocenters. The molecule has 0 fully saturated rings. The molecule has 0 saturated heterocycles. The van der Waals surface area contributed by atoms with Crippen LogP contribution in [0.5, 0.6) is 5.75 Å². The molecular weight excluding hydrogens is 234 g/mol. The second-order valence-electron chi connectivity index (χ2n) is 3.99. The van der Waals surface area contributed by atoms with E-state index in [9.17, 15) is 4.79 Å². The minimum Gasteiger partial charge on any atom is -0.493 e. The fraction of sp³-hybridized carbons (Fsp3) is 0.231. The summed E-state index contributed by atoms with van der Waals surface area (Å²) in [6.07, 6.45) is 3.08. The fourth-order valence-electron chi connectivity index (χ4n) is 1.95. The van der Waals surface area contributed by atoms with Crippen molar-refractivity contribution in [3.8, 4) is 5.75 Å². The predicted molar refractivity (Wildman–Crippen MR) is 65.8 cm³/mol. The van der Waals surface area contributed by atoms with Gasteiger partial charge in [0.05, 0.1) is 12.1 Å². The topological polar surface area (TPSA) is 39.2 Å². The molecule has 1 aromatic carbocycles. The Labute approximate surface area is 103 Å². The van der Waals surface area contributed by atoms with Crippen LogP contribution in [0.3, 0.4) is 0 Å². The lowest BCUT2D eigenvalue weighted by Gasteiger charge is -2.02. The van der Waals surface area contributed by atoms with Gasteiger partial charge in [-0.3, -0.25) is 9.78 Å². The number of nitrogens with zero attached hydrogens (tertiary/aromatic N) is 1. The SMILES string of the molecule is O=C(Cc1cncs1)c1ccc2c(c1)CCO2. The number of rotatable bonds is 3. The van der Waals surface area contributed by atoms with Crippen LogP contribution in [0.15, 0.2) is 29.9 Å². The summed E-state index contributed by atoms with van der Waals surface area (Å²) in [6.45, 7) is 0.724. The van der Waals surface area contributed by atoms with E-state index < -0.39 is 0 Å².